The highest BCUT2D eigenvalue weighted by atomic mass is 35.5. The number of hydrogen-bond acceptors (Lipinski definition) is 4. The lowest BCUT2D eigenvalue weighted by atomic mass is 10.1. The van der Waals surface area contributed by atoms with Gasteiger partial charge < -0.3 is 9.47 Å². The van der Waals surface area contributed by atoms with Gasteiger partial charge in [0.2, 0.25) is 0 Å². The Balaban J connectivity index is 2.74. The first kappa shape index (κ1) is 29.1. The molecule has 0 saturated carbocycles. The first-order chi connectivity index (χ1) is 14.4. The smallest absolute Gasteiger partial charge is 0.381 e. The molecule has 0 saturated heterocycles. The van der Waals surface area contributed by atoms with Crippen LogP contribution >= 0.6 is 58.0 Å². The Labute approximate surface area is 198 Å². The summed E-state index contributed by atoms with van der Waals surface area (Å²) in [6.07, 6.45) is -7.13. The first-order valence-corrected chi connectivity index (χ1v) is 9.56. The van der Waals surface area contributed by atoms with E-state index in [-0.39, 0.29) is 15.1 Å². The fraction of sp³-hybridized carbons (Fsp3) is 0.467. The van der Waals surface area contributed by atoms with Crippen molar-refractivity contribution < 1.29 is 54.2 Å². The molecule has 1 aromatic carbocycles. The van der Waals surface area contributed by atoms with Gasteiger partial charge >= 0.3 is 36.1 Å². The second-order valence-electron chi connectivity index (χ2n) is 5.74. The van der Waals surface area contributed by atoms with E-state index in [9.17, 15) is 44.7 Å². The summed E-state index contributed by atoms with van der Waals surface area (Å²) in [5.74, 6) is -22.4. The quantitative estimate of drug-likeness (QED) is 0.101. The Kier molecular flexibility index (Phi) is 9.58. The maximum Gasteiger partial charge on any atom is 0.381 e. The molecular formula is C15H7Cl5F8O4. The highest BCUT2D eigenvalue weighted by Crippen LogP contribution is 2.49. The van der Waals surface area contributed by atoms with Crippen molar-refractivity contribution in [1.29, 1.82) is 0 Å². The molecule has 0 radical (unpaired) electrons. The van der Waals surface area contributed by atoms with Crippen molar-refractivity contribution in [3.63, 3.8) is 0 Å². The second kappa shape index (κ2) is 10.5. The van der Waals surface area contributed by atoms with Crippen LogP contribution in [0.4, 0.5) is 35.1 Å². The number of carbonyl (C=O) groups excluding carboxylic acids is 2. The van der Waals surface area contributed by atoms with Gasteiger partial charge in [-0.25, -0.2) is 8.78 Å². The van der Waals surface area contributed by atoms with Gasteiger partial charge in [-0.2, -0.15) is 26.3 Å². The van der Waals surface area contributed by atoms with Crippen LogP contribution in [-0.4, -0.2) is 42.7 Å². The minimum absolute atomic E-state index is 0.276. The molecule has 182 valence electrons. The predicted octanol–water partition coefficient (Wildman–Crippen LogP) is 7.35. The highest BCUT2D eigenvalue weighted by molar-refractivity contribution is 6.55. The lowest BCUT2D eigenvalue weighted by Gasteiger charge is -2.31. The van der Waals surface area contributed by atoms with Crippen molar-refractivity contribution in [3.8, 4) is 5.75 Å². The van der Waals surface area contributed by atoms with Crippen molar-refractivity contribution in [2.24, 2.45) is 0 Å². The number of halogens is 13. The van der Waals surface area contributed by atoms with Gasteiger partial charge in [0.05, 0.1) is 27.9 Å². The molecule has 0 bridgehead atoms. The Bertz CT molecular complexity index is 868. The SMILES string of the molecule is O=C(CCC(=O)Oc1c(Cl)c(Cl)c(Cl)c(Cl)c1Cl)OCC(F)(F)C(F)(F)C(F)(F)C(F)F. The van der Waals surface area contributed by atoms with Crippen LogP contribution < -0.4 is 4.74 Å². The zero-order valence-electron chi connectivity index (χ0n) is 14.7. The maximum atomic E-state index is 13.3. The van der Waals surface area contributed by atoms with Crippen molar-refractivity contribution in [2.75, 3.05) is 6.61 Å². The number of hydrogen-bond donors (Lipinski definition) is 0. The lowest BCUT2D eigenvalue weighted by Crippen LogP contribution is -2.59. The summed E-state index contributed by atoms with van der Waals surface area (Å²) in [6, 6.07) is 0. The Morgan fingerprint density at radius 1 is 0.750 bits per heavy atom. The van der Waals surface area contributed by atoms with Crippen LogP contribution in [0, 0.1) is 0 Å². The molecule has 0 aliphatic carbocycles. The topological polar surface area (TPSA) is 52.6 Å². The number of alkyl halides is 8. The monoisotopic (exact) mass is 578 g/mol. The first-order valence-electron chi connectivity index (χ1n) is 7.67. The second-order valence-corrected chi connectivity index (χ2v) is 7.63. The molecule has 0 heterocycles. The molecule has 0 unspecified atom stereocenters. The van der Waals surface area contributed by atoms with E-state index in [0.717, 1.165) is 0 Å². The molecule has 0 N–H and O–H groups in total. The summed E-state index contributed by atoms with van der Waals surface area (Å²) in [5.41, 5.74) is 0. The summed E-state index contributed by atoms with van der Waals surface area (Å²) in [5, 5.41) is -1.89. The van der Waals surface area contributed by atoms with E-state index in [2.05, 4.69) is 4.74 Å². The molecule has 1 aromatic rings. The van der Waals surface area contributed by atoms with E-state index in [4.69, 9.17) is 62.7 Å². The van der Waals surface area contributed by atoms with E-state index >= 15 is 0 Å². The third-order valence-electron chi connectivity index (χ3n) is 3.49. The number of carbonyl (C=O) groups is 2. The van der Waals surface area contributed by atoms with Crippen LogP contribution in [0.15, 0.2) is 0 Å². The predicted molar refractivity (Wildman–Crippen MR) is 98.2 cm³/mol. The number of benzene rings is 1. The minimum atomic E-state index is -6.55. The fourth-order valence-electron chi connectivity index (χ4n) is 1.76. The van der Waals surface area contributed by atoms with Gasteiger partial charge in [-0.05, 0) is 0 Å². The molecule has 0 aromatic heterocycles. The van der Waals surface area contributed by atoms with Crippen LogP contribution in [0.3, 0.4) is 0 Å². The summed E-state index contributed by atoms with van der Waals surface area (Å²) < 4.78 is 111. The van der Waals surface area contributed by atoms with Crippen LogP contribution in [-0.2, 0) is 14.3 Å². The molecule has 0 atom stereocenters. The standard InChI is InChI=1S/C15H7Cl5F8O4/c16-6-7(17)9(19)11(10(20)8(6)18)32-5(30)2-1-4(29)31-3-13(23,24)15(27,28)14(25,26)12(21)22/h12H,1-3H2. The van der Waals surface area contributed by atoms with E-state index in [1.807, 2.05) is 0 Å². The van der Waals surface area contributed by atoms with E-state index in [1.54, 1.807) is 0 Å². The van der Waals surface area contributed by atoms with Crippen molar-refractivity contribution in [1.82, 2.24) is 0 Å². The van der Waals surface area contributed by atoms with Gasteiger partial charge in [0.25, 0.3) is 0 Å². The van der Waals surface area contributed by atoms with Gasteiger partial charge in [-0.3, -0.25) is 9.59 Å². The average Bonchev–Trinajstić information content (AvgIpc) is 2.70. The number of ether oxygens (including phenoxy) is 2. The molecule has 0 amide bonds. The molecule has 0 spiro atoms. The Hall–Kier alpha value is -0.950. The summed E-state index contributed by atoms with van der Waals surface area (Å²) >= 11 is 28.8. The van der Waals surface area contributed by atoms with Gasteiger partial charge in [-0.15, -0.1) is 0 Å². The van der Waals surface area contributed by atoms with E-state index in [1.165, 1.54) is 0 Å². The van der Waals surface area contributed by atoms with Crippen molar-refractivity contribution in [3.05, 3.63) is 25.1 Å². The van der Waals surface area contributed by atoms with Gasteiger partial charge in [-0.1, -0.05) is 58.0 Å². The Morgan fingerprint density at radius 3 is 1.59 bits per heavy atom. The average molecular weight is 580 g/mol. The Morgan fingerprint density at radius 2 is 1.16 bits per heavy atom. The van der Waals surface area contributed by atoms with Gasteiger partial charge in [0.1, 0.15) is 10.0 Å². The molecule has 1 rings (SSSR count). The highest BCUT2D eigenvalue weighted by Gasteiger charge is 2.75. The molecule has 17 heteroatoms. The normalized spacial score (nSPS) is 12.8. The van der Waals surface area contributed by atoms with Gasteiger partial charge in [0, 0.05) is 0 Å². The minimum Gasteiger partial charge on any atom is -0.459 e. The molecular weight excluding hydrogens is 573 g/mol. The van der Waals surface area contributed by atoms with Crippen LogP contribution in [0.1, 0.15) is 12.8 Å². The number of rotatable bonds is 9. The third kappa shape index (κ3) is 5.94. The van der Waals surface area contributed by atoms with Crippen LogP contribution in [0.25, 0.3) is 0 Å². The zero-order valence-corrected chi connectivity index (χ0v) is 18.5. The molecule has 4 nitrogen and oxygen atoms in total. The summed E-state index contributed by atoms with van der Waals surface area (Å²) in [7, 11) is 0. The summed E-state index contributed by atoms with van der Waals surface area (Å²) in [6.45, 7) is -2.67. The fourth-order valence-corrected chi connectivity index (χ4v) is 2.96. The maximum absolute atomic E-state index is 13.3. The van der Waals surface area contributed by atoms with E-state index < -0.39 is 71.4 Å². The van der Waals surface area contributed by atoms with Crippen molar-refractivity contribution >= 4 is 69.9 Å². The lowest BCUT2D eigenvalue weighted by molar-refractivity contribution is -0.344. The largest absolute Gasteiger partial charge is 0.459 e. The number of esters is 2. The molecule has 0 aliphatic rings. The molecule has 32 heavy (non-hydrogen) atoms. The summed E-state index contributed by atoms with van der Waals surface area (Å²) in [4.78, 5) is 23.2. The molecule has 0 aliphatic heterocycles. The van der Waals surface area contributed by atoms with E-state index in [0.29, 0.717) is 0 Å². The van der Waals surface area contributed by atoms with Gasteiger partial charge in [0.15, 0.2) is 12.4 Å². The van der Waals surface area contributed by atoms with Crippen LogP contribution in [0.2, 0.25) is 25.1 Å². The third-order valence-corrected chi connectivity index (χ3v) is 5.73. The zero-order chi connectivity index (χ0) is 25.2. The van der Waals surface area contributed by atoms with Crippen molar-refractivity contribution in [2.45, 2.75) is 37.0 Å². The van der Waals surface area contributed by atoms with Crippen LogP contribution in [0.5, 0.6) is 5.75 Å². The molecule has 0 fully saturated rings.